The van der Waals surface area contributed by atoms with Crippen molar-refractivity contribution < 1.29 is 22.3 Å². The van der Waals surface area contributed by atoms with Crippen molar-refractivity contribution in [2.45, 2.75) is 18.2 Å². The molecule has 2 aromatic rings. The number of methoxy groups -OCH3 is 1. The molecule has 1 aromatic carbocycles. The van der Waals surface area contributed by atoms with Crippen LogP contribution < -0.4 is 9.46 Å². The zero-order valence-corrected chi connectivity index (χ0v) is 14.3. The standard InChI is InChI=1S/C15H16FNO4S2/c1-10(18)14-6-4-12(22-14)7-8-17-23(19,20)15-9-11(16)3-5-13(15)21-2/h3-6,9,17H,7-8H2,1-2H3. The largest absolute Gasteiger partial charge is 0.495 e. The lowest BCUT2D eigenvalue weighted by atomic mass is 10.3. The van der Waals surface area contributed by atoms with Crippen LogP contribution in [0.15, 0.2) is 35.2 Å². The summed E-state index contributed by atoms with van der Waals surface area (Å²) in [5.74, 6) is -0.601. The molecule has 0 saturated carbocycles. The Morgan fingerprint density at radius 2 is 2.04 bits per heavy atom. The second-order valence-corrected chi connectivity index (χ2v) is 7.67. The van der Waals surface area contributed by atoms with Gasteiger partial charge in [-0.15, -0.1) is 11.3 Å². The number of ether oxygens (including phenoxy) is 1. The lowest BCUT2D eigenvalue weighted by Crippen LogP contribution is -2.26. The highest BCUT2D eigenvalue weighted by Crippen LogP contribution is 2.24. The highest BCUT2D eigenvalue weighted by atomic mass is 32.2. The van der Waals surface area contributed by atoms with Crippen molar-refractivity contribution in [2.75, 3.05) is 13.7 Å². The van der Waals surface area contributed by atoms with Crippen LogP contribution in [0.1, 0.15) is 21.5 Å². The van der Waals surface area contributed by atoms with E-state index in [1.54, 1.807) is 12.1 Å². The predicted octanol–water partition coefficient (Wildman–Crippen LogP) is 2.62. The van der Waals surface area contributed by atoms with Crippen LogP contribution in [0.2, 0.25) is 0 Å². The number of hydrogen-bond donors (Lipinski definition) is 1. The Kier molecular flexibility index (Phi) is 5.51. The van der Waals surface area contributed by atoms with Crippen LogP contribution in [0, 0.1) is 5.82 Å². The molecule has 0 amide bonds. The number of benzene rings is 1. The fraction of sp³-hybridized carbons (Fsp3) is 0.267. The second-order valence-electron chi connectivity index (χ2n) is 4.77. The topological polar surface area (TPSA) is 72.5 Å². The molecule has 0 spiro atoms. The number of hydrogen-bond acceptors (Lipinski definition) is 5. The number of carbonyl (C=O) groups is 1. The van der Waals surface area contributed by atoms with E-state index in [1.165, 1.54) is 31.4 Å². The van der Waals surface area contributed by atoms with Gasteiger partial charge in [-0.3, -0.25) is 4.79 Å². The Labute approximate surface area is 138 Å². The summed E-state index contributed by atoms with van der Waals surface area (Å²) in [4.78, 5) is 12.5. The first-order chi connectivity index (χ1) is 10.8. The van der Waals surface area contributed by atoms with Crippen LogP contribution in [0.5, 0.6) is 5.75 Å². The quantitative estimate of drug-likeness (QED) is 0.773. The van der Waals surface area contributed by atoms with Crippen LogP contribution in [-0.4, -0.2) is 27.9 Å². The number of ketones is 1. The first-order valence-corrected chi connectivity index (χ1v) is 9.06. The van der Waals surface area contributed by atoms with E-state index in [2.05, 4.69) is 4.72 Å². The van der Waals surface area contributed by atoms with Crippen molar-refractivity contribution in [1.29, 1.82) is 0 Å². The van der Waals surface area contributed by atoms with Gasteiger partial charge in [0.2, 0.25) is 10.0 Å². The molecule has 0 aliphatic carbocycles. The maximum Gasteiger partial charge on any atom is 0.244 e. The van der Waals surface area contributed by atoms with Gasteiger partial charge in [0.1, 0.15) is 16.5 Å². The third-order valence-corrected chi connectivity index (χ3v) is 5.82. The van der Waals surface area contributed by atoms with Crippen LogP contribution >= 0.6 is 11.3 Å². The molecular formula is C15H16FNO4S2. The normalized spacial score (nSPS) is 11.4. The predicted molar refractivity (Wildman–Crippen MR) is 86.2 cm³/mol. The summed E-state index contributed by atoms with van der Waals surface area (Å²) in [6, 6.07) is 6.82. The molecule has 0 aliphatic heterocycles. The molecule has 0 unspecified atom stereocenters. The lowest BCUT2D eigenvalue weighted by molar-refractivity contribution is 0.102. The monoisotopic (exact) mass is 357 g/mol. The average Bonchev–Trinajstić information content (AvgIpc) is 2.96. The summed E-state index contributed by atoms with van der Waals surface area (Å²) in [5, 5.41) is 0. The maximum absolute atomic E-state index is 13.3. The third kappa shape index (κ3) is 4.37. The zero-order chi connectivity index (χ0) is 17.0. The smallest absolute Gasteiger partial charge is 0.244 e. The molecule has 23 heavy (non-hydrogen) atoms. The highest BCUT2D eigenvalue weighted by molar-refractivity contribution is 7.89. The minimum atomic E-state index is -3.88. The number of halogens is 1. The van der Waals surface area contributed by atoms with Gasteiger partial charge in [0.25, 0.3) is 0 Å². The summed E-state index contributed by atoms with van der Waals surface area (Å²) in [5.41, 5.74) is 0. The first-order valence-electron chi connectivity index (χ1n) is 6.76. The van der Waals surface area contributed by atoms with Crippen molar-refractivity contribution in [3.63, 3.8) is 0 Å². The molecule has 1 aromatic heterocycles. The average molecular weight is 357 g/mol. The van der Waals surface area contributed by atoms with Gasteiger partial charge in [-0.25, -0.2) is 17.5 Å². The van der Waals surface area contributed by atoms with Gasteiger partial charge < -0.3 is 4.74 Å². The Morgan fingerprint density at radius 1 is 1.30 bits per heavy atom. The number of rotatable bonds is 7. The molecule has 124 valence electrons. The van der Waals surface area contributed by atoms with Crippen LogP contribution in [0.25, 0.3) is 0 Å². The Morgan fingerprint density at radius 3 is 2.65 bits per heavy atom. The Hall–Kier alpha value is -1.77. The molecule has 0 atom stereocenters. The van der Waals surface area contributed by atoms with Gasteiger partial charge in [-0.2, -0.15) is 0 Å². The summed E-state index contributed by atoms with van der Waals surface area (Å²) in [6.07, 6.45) is 0.439. The fourth-order valence-corrected chi connectivity index (χ4v) is 4.06. The van der Waals surface area contributed by atoms with Crippen LogP contribution in [0.4, 0.5) is 4.39 Å². The van der Waals surface area contributed by atoms with Crippen LogP contribution in [0.3, 0.4) is 0 Å². The van der Waals surface area contributed by atoms with Crippen molar-refractivity contribution in [3.8, 4) is 5.75 Å². The highest BCUT2D eigenvalue weighted by Gasteiger charge is 2.20. The summed E-state index contributed by atoms with van der Waals surface area (Å²) >= 11 is 1.33. The van der Waals surface area contributed by atoms with Crippen molar-refractivity contribution >= 4 is 27.1 Å². The van der Waals surface area contributed by atoms with E-state index >= 15 is 0 Å². The number of thiophene rings is 1. The van der Waals surface area contributed by atoms with Gasteiger partial charge in [0.05, 0.1) is 12.0 Å². The molecular weight excluding hydrogens is 341 g/mol. The number of sulfonamides is 1. The van der Waals surface area contributed by atoms with Crippen LogP contribution in [-0.2, 0) is 16.4 Å². The van der Waals surface area contributed by atoms with Gasteiger partial charge in [0, 0.05) is 11.4 Å². The van der Waals surface area contributed by atoms with E-state index < -0.39 is 15.8 Å². The van der Waals surface area contributed by atoms with E-state index in [4.69, 9.17) is 4.74 Å². The minimum absolute atomic E-state index is 0.0219. The molecule has 8 heteroatoms. The van der Waals surface area contributed by atoms with E-state index in [1.807, 2.05) is 0 Å². The van der Waals surface area contributed by atoms with E-state index in [0.717, 1.165) is 17.0 Å². The van der Waals surface area contributed by atoms with Crippen molar-refractivity contribution in [3.05, 3.63) is 45.9 Å². The molecule has 0 saturated heterocycles. The fourth-order valence-electron chi connectivity index (χ4n) is 1.95. The zero-order valence-electron chi connectivity index (χ0n) is 12.6. The number of carbonyl (C=O) groups excluding carboxylic acids is 1. The van der Waals surface area contributed by atoms with E-state index in [0.29, 0.717) is 11.3 Å². The summed E-state index contributed by atoms with van der Waals surface area (Å²) in [7, 11) is -2.56. The van der Waals surface area contributed by atoms with Crippen molar-refractivity contribution in [1.82, 2.24) is 4.72 Å². The molecule has 0 aliphatic rings. The number of nitrogens with one attached hydrogen (secondary N) is 1. The lowest BCUT2D eigenvalue weighted by Gasteiger charge is -2.10. The molecule has 1 heterocycles. The maximum atomic E-state index is 13.3. The SMILES string of the molecule is COc1ccc(F)cc1S(=O)(=O)NCCc1ccc(C(C)=O)s1. The van der Waals surface area contributed by atoms with Gasteiger partial charge in [0.15, 0.2) is 5.78 Å². The van der Waals surface area contributed by atoms with Gasteiger partial charge >= 0.3 is 0 Å². The second kappa shape index (κ2) is 7.20. The van der Waals surface area contributed by atoms with Gasteiger partial charge in [-0.05, 0) is 43.7 Å². The Bertz CT molecular complexity index is 815. The molecule has 0 fully saturated rings. The molecule has 0 radical (unpaired) electrons. The van der Waals surface area contributed by atoms with Gasteiger partial charge in [-0.1, -0.05) is 0 Å². The number of Topliss-reactive ketones (excluding diaryl/α,β-unsaturated/α-hetero) is 1. The Balaban J connectivity index is 2.07. The first kappa shape index (κ1) is 17.6. The molecule has 5 nitrogen and oxygen atoms in total. The van der Waals surface area contributed by atoms with E-state index in [9.17, 15) is 17.6 Å². The van der Waals surface area contributed by atoms with Crippen molar-refractivity contribution in [2.24, 2.45) is 0 Å². The summed E-state index contributed by atoms with van der Waals surface area (Å²) < 4.78 is 45.2. The minimum Gasteiger partial charge on any atom is -0.495 e. The van der Waals surface area contributed by atoms with E-state index in [-0.39, 0.29) is 23.0 Å². The summed E-state index contributed by atoms with van der Waals surface area (Å²) in [6.45, 7) is 1.62. The molecule has 1 N–H and O–H groups in total. The third-order valence-electron chi connectivity index (χ3n) is 3.09. The molecule has 0 bridgehead atoms. The molecule has 2 rings (SSSR count).